The van der Waals surface area contributed by atoms with Crippen LogP contribution in [-0.4, -0.2) is 16.1 Å². The molecule has 1 aromatic carbocycles. The van der Waals surface area contributed by atoms with E-state index in [1.165, 1.54) is 17.6 Å². The van der Waals surface area contributed by atoms with Gasteiger partial charge in [0.25, 0.3) is 0 Å². The molecule has 3 nitrogen and oxygen atoms in total. The Morgan fingerprint density at radius 1 is 1.39 bits per heavy atom. The summed E-state index contributed by atoms with van der Waals surface area (Å²) in [5, 5.41) is 8.82. The minimum Gasteiger partial charge on any atom is -0.305 e. The molecule has 6 heteroatoms. The van der Waals surface area contributed by atoms with E-state index in [0.29, 0.717) is 12.2 Å². The molecule has 18 heavy (non-hydrogen) atoms. The Labute approximate surface area is 108 Å². The fourth-order valence-electron chi connectivity index (χ4n) is 1.70. The molecule has 1 unspecified atom stereocenters. The predicted molar refractivity (Wildman–Crippen MR) is 66.4 cm³/mol. The molecule has 1 atom stereocenters. The largest absolute Gasteiger partial charge is 0.305 e. The van der Waals surface area contributed by atoms with Crippen molar-refractivity contribution in [3.05, 3.63) is 46.5 Å². The van der Waals surface area contributed by atoms with E-state index < -0.39 is 17.7 Å². The lowest BCUT2D eigenvalue weighted by atomic mass is 10.0. The van der Waals surface area contributed by atoms with Crippen molar-refractivity contribution in [3.8, 4) is 0 Å². The van der Waals surface area contributed by atoms with Crippen molar-refractivity contribution < 1.29 is 8.78 Å². The van der Waals surface area contributed by atoms with Crippen molar-refractivity contribution in [3.63, 3.8) is 0 Å². The van der Waals surface area contributed by atoms with Gasteiger partial charge in [-0.15, -0.1) is 5.10 Å². The van der Waals surface area contributed by atoms with Crippen molar-refractivity contribution in [1.29, 1.82) is 0 Å². The summed E-state index contributed by atoms with van der Waals surface area (Å²) in [5.41, 5.74) is 0.870. The van der Waals surface area contributed by atoms with E-state index >= 15 is 0 Å². The minimum atomic E-state index is -0.460. The van der Waals surface area contributed by atoms with Crippen LogP contribution in [0.5, 0.6) is 0 Å². The van der Waals surface area contributed by atoms with Crippen molar-refractivity contribution in [2.45, 2.75) is 19.4 Å². The standard InChI is InChI=1S/C12H13F2N3S/c1-2-5-15-12(11-7-18-17-16-11)9-6-8(13)3-4-10(9)14/h3-4,6-7,12,15H,2,5H2,1H3. The molecule has 0 aliphatic rings. The second-order valence-electron chi connectivity index (χ2n) is 3.88. The SMILES string of the molecule is CCCNC(c1csnn1)c1cc(F)ccc1F. The van der Waals surface area contributed by atoms with Crippen LogP contribution in [0.2, 0.25) is 0 Å². The molecule has 0 bridgehead atoms. The zero-order chi connectivity index (χ0) is 13.0. The van der Waals surface area contributed by atoms with Crippen molar-refractivity contribution in [1.82, 2.24) is 14.9 Å². The zero-order valence-electron chi connectivity index (χ0n) is 9.86. The first-order chi connectivity index (χ1) is 8.72. The molecule has 1 aromatic heterocycles. The Morgan fingerprint density at radius 2 is 2.22 bits per heavy atom. The molecule has 2 aromatic rings. The van der Waals surface area contributed by atoms with E-state index in [1.807, 2.05) is 6.92 Å². The average molecular weight is 269 g/mol. The number of halogens is 2. The molecule has 0 amide bonds. The second kappa shape index (κ2) is 5.97. The first kappa shape index (κ1) is 13.0. The van der Waals surface area contributed by atoms with Gasteiger partial charge < -0.3 is 5.32 Å². The molecule has 0 saturated heterocycles. The molecule has 0 radical (unpaired) electrons. The third kappa shape index (κ3) is 2.88. The monoisotopic (exact) mass is 269 g/mol. The molecule has 0 spiro atoms. The Morgan fingerprint density at radius 3 is 2.89 bits per heavy atom. The molecule has 96 valence electrons. The van der Waals surface area contributed by atoms with Gasteiger partial charge in [-0.1, -0.05) is 11.4 Å². The molecule has 0 aliphatic heterocycles. The molecule has 0 fully saturated rings. The van der Waals surface area contributed by atoms with Crippen molar-refractivity contribution in [2.24, 2.45) is 0 Å². The fraction of sp³-hybridized carbons (Fsp3) is 0.333. The third-order valence-corrected chi connectivity index (χ3v) is 3.06. The lowest BCUT2D eigenvalue weighted by Gasteiger charge is -2.17. The predicted octanol–water partition coefficient (Wildman–Crippen LogP) is 2.91. The molecule has 0 aliphatic carbocycles. The second-order valence-corrected chi connectivity index (χ2v) is 4.49. The number of nitrogens with one attached hydrogen (secondary N) is 1. The van der Waals surface area contributed by atoms with Crippen LogP contribution in [-0.2, 0) is 0 Å². The highest BCUT2D eigenvalue weighted by atomic mass is 32.1. The smallest absolute Gasteiger partial charge is 0.128 e. The van der Waals surface area contributed by atoms with Crippen LogP contribution in [0.4, 0.5) is 8.78 Å². The van der Waals surface area contributed by atoms with Gasteiger partial charge in [-0.2, -0.15) is 0 Å². The maximum Gasteiger partial charge on any atom is 0.128 e. The van der Waals surface area contributed by atoms with Crippen LogP contribution in [0.15, 0.2) is 23.6 Å². The van der Waals surface area contributed by atoms with E-state index in [9.17, 15) is 8.78 Å². The van der Waals surface area contributed by atoms with Crippen LogP contribution in [0.3, 0.4) is 0 Å². The van der Waals surface area contributed by atoms with Crippen LogP contribution in [0.25, 0.3) is 0 Å². The Bertz CT molecular complexity index is 502. The highest BCUT2D eigenvalue weighted by Crippen LogP contribution is 2.24. The van der Waals surface area contributed by atoms with Crippen LogP contribution >= 0.6 is 11.5 Å². The van der Waals surface area contributed by atoms with Gasteiger partial charge in [0, 0.05) is 10.9 Å². The van der Waals surface area contributed by atoms with Gasteiger partial charge in [-0.05, 0) is 42.7 Å². The maximum atomic E-state index is 13.8. The lowest BCUT2D eigenvalue weighted by Crippen LogP contribution is -2.24. The first-order valence-corrected chi connectivity index (χ1v) is 6.51. The van der Waals surface area contributed by atoms with E-state index in [-0.39, 0.29) is 5.56 Å². The van der Waals surface area contributed by atoms with Crippen molar-refractivity contribution >= 4 is 11.5 Å². The Hall–Kier alpha value is -1.40. The summed E-state index contributed by atoms with van der Waals surface area (Å²) in [6, 6.07) is 2.97. The number of hydrogen-bond donors (Lipinski definition) is 1. The molecular weight excluding hydrogens is 256 g/mol. The fourth-order valence-corrected chi connectivity index (χ4v) is 2.18. The highest BCUT2D eigenvalue weighted by Gasteiger charge is 2.20. The van der Waals surface area contributed by atoms with Gasteiger partial charge in [-0.3, -0.25) is 0 Å². The van der Waals surface area contributed by atoms with Crippen LogP contribution in [0, 0.1) is 11.6 Å². The normalized spacial score (nSPS) is 12.6. The van der Waals surface area contributed by atoms with Gasteiger partial charge in [0.1, 0.15) is 11.6 Å². The average Bonchev–Trinajstić information content (AvgIpc) is 2.88. The number of benzene rings is 1. The Balaban J connectivity index is 2.36. The van der Waals surface area contributed by atoms with Gasteiger partial charge in [0.15, 0.2) is 0 Å². The summed E-state index contributed by atoms with van der Waals surface area (Å²) in [5.74, 6) is -0.907. The quantitative estimate of drug-likeness (QED) is 0.907. The summed E-state index contributed by atoms with van der Waals surface area (Å²) in [4.78, 5) is 0. The molecule has 1 N–H and O–H groups in total. The molecule has 0 saturated carbocycles. The number of rotatable bonds is 5. The lowest BCUT2D eigenvalue weighted by molar-refractivity contribution is 0.528. The van der Waals surface area contributed by atoms with Crippen LogP contribution in [0.1, 0.15) is 30.6 Å². The summed E-state index contributed by atoms with van der Waals surface area (Å²) >= 11 is 1.19. The number of hydrogen-bond acceptors (Lipinski definition) is 4. The first-order valence-electron chi connectivity index (χ1n) is 5.67. The summed E-state index contributed by atoms with van der Waals surface area (Å²) in [7, 11) is 0. The highest BCUT2D eigenvalue weighted by molar-refractivity contribution is 7.03. The van der Waals surface area contributed by atoms with Gasteiger partial charge >= 0.3 is 0 Å². The van der Waals surface area contributed by atoms with Gasteiger partial charge in [0.2, 0.25) is 0 Å². The summed E-state index contributed by atoms with van der Waals surface area (Å²) < 4.78 is 30.8. The zero-order valence-corrected chi connectivity index (χ0v) is 10.7. The maximum absolute atomic E-state index is 13.8. The summed E-state index contributed by atoms with van der Waals surface area (Å²) in [6.07, 6.45) is 0.894. The minimum absolute atomic E-state index is 0.260. The number of nitrogens with zero attached hydrogens (tertiary/aromatic N) is 2. The van der Waals surface area contributed by atoms with Gasteiger partial charge in [0.05, 0.1) is 11.7 Å². The molecule has 2 rings (SSSR count). The van der Waals surface area contributed by atoms with Crippen LogP contribution < -0.4 is 5.32 Å². The van der Waals surface area contributed by atoms with E-state index in [0.717, 1.165) is 18.6 Å². The third-order valence-electron chi connectivity index (χ3n) is 2.54. The van der Waals surface area contributed by atoms with E-state index in [2.05, 4.69) is 14.9 Å². The van der Waals surface area contributed by atoms with Crippen molar-refractivity contribution in [2.75, 3.05) is 6.54 Å². The number of aromatic nitrogens is 2. The topological polar surface area (TPSA) is 37.8 Å². The molecule has 1 heterocycles. The Kier molecular flexibility index (Phi) is 4.33. The van der Waals surface area contributed by atoms with E-state index in [4.69, 9.17) is 0 Å². The van der Waals surface area contributed by atoms with E-state index in [1.54, 1.807) is 5.38 Å². The summed E-state index contributed by atoms with van der Waals surface area (Å²) in [6.45, 7) is 2.70. The molecular formula is C12H13F2N3S. The van der Waals surface area contributed by atoms with Gasteiger partial charge in [-0.25, -0.2) is 8.78 Å².